The maximum atomic E-state index is 5.64. The fourth-order valence-corrected chi connectivity index (χ4v) is 1.44. The molecule has 4 N–H and O–H groups in total. The van der Waals surface area contributed by atoms with Crippen molar-refractivity contribution in [3.63, 3.8) is 0 Å². The summed E-state index contributed by atoms with van der Waals surface area (Å²) in [5.74, 6) is 1.61. The van der Waals surface area contributed by atoms with Crippen molar-refractivity contribution in [2.75, 3.05) is 25.5 Å². The zero-order valence-corrected chi connectivity index (χ0v) is 9.54. The summed E-state index contributed by atoms with van der Waals surface area (Å²) in [5.41, 5.74) is 6.60. The zero-order chi connectivity index (χ0) is 11.3. The Hall–Kier alpha value is -1.20. The van der Waals surface area contributed by atoms with Crippen LogP contribution in [0.3, 0.4) is 0 Å². The highest BCUT2D eigenvalue weighted by Gasteiger charge is 2.06. The molecule has 1 rings (SSSR count). The van der Waals surface area contributed by atoms with Gasteiger partial charge in [0.1, 0.15) is 11.6 Å². The second kappa shape index (κ2) is 5.63. The van der Waals surface area contributed by atoms with Gasteiger partial charge in [-0.25, -0.2) is 9.97 Å². The van der Waals surface area contributed by atoms with Crippen molar-refractivity contribution in [3.05, 3.63) is 17.6 Å². The average Bonchev–Trinajstić information content (AvgIpc) is 2.15. The monoisotopic (exact) mass is 209 g/mol. The van der Waals surface area contributed by atoms with E-state index in [1.165, 1.54) is 0 Å². The molecule has 84 valence electrons. The van der Waals surface area contributed by atoms with Crippen LogP contribution in [0.1, 0.15) is 11.5 Å². The number of anilines is 1. The first-order valence-electron chi connectivity index (χ1n) is 5.09. The van der Waals surface area contributed by atoms with Crippen LogP contribution in [0.15, 0.2) is 6.07 Å². The maximum Gasteiger partial charge on any atom is 0.130 e. The predicted molar refractivity (Wildman–Crippen MR) is 61.9 cm³/mol. The normalized spacial score (nSPS) is 12.5. The lowest BCUT2D eigenvalue weighted by Gasteiger charge is -2.17. The van der Waals surface area contributed by atoms with Crippen molar-refractivity contribution in [2.24, 2.45) is 5.73 Å². The molecule has 0 bridgehead atoms. The Kier molecular flexibility index (Phi) is 4.45. The Morgan fingerprint density at radius 3 is 2.67 bits per heavy atom. The molecule has 0 aliphatic heterocycles. The van der Waals surface area contributed by atoms with Crippen LogP contribution in [0.2, 0.25) is 0 Å². The van der Waals surface area contributed by atoms with Crippen molar-refractivity contribution in [1.29, 1.82) is 0 Å². The molecule has 1 unspecified atom stereocenters. The Bertz CT molecular complexity index is 292. The highest BCUT2D eigenvalue weighted by atomic mass is 15.1. The van der Waals surface area contributed by atoms with E-state index in [1.807, 2.05) is 27.0 Å². The highest BCUT2D eigenvalue weighted by molar-refractivity contribution is 5.37. The van der Waals surface area contributed by atoms with E-state index in [1.54, 1.807) is 0 Å². The second-order valence-electron chi connectivity index (χ2n) is 3.58. The minimum atomic E-state index is 0.198. The van der Waals surface area contributed by atoms with Crippen LogP contribution in [-0.4, -0.2) is 36.1 Å². The molecule has 5 nitrogen and oxygen atoms in total. The van der Waals surface area contributed by atoms with Crippen molar-refractivity contribution in [3.8, 4) is 0 Å². The van der Waals surface area contributed by atoms with E-state index >= 15 is 0 Å². The molecule has 0 fully saturated rings. The molecule has 0 amide bonds. The first kappa shape index (κ1) is 11.9. The van der Waals surface area contributed by atoms with Gasteiger partial charge in [0.2, 0.25) is 0 Å². The topological polar surface area (TPSA) is 75.9 Å². The number of likely N-dealkylation sites (N-methyl/N-ethyl adjacent to an activating group) is 1. The van der Waals surface area contributed by atoms with Gasteiger partial charge < -0.3 is 16.4 Å². The smallest absolute Gasteiger partial charge is 0.130 e. The first-order valence-corrected chi connectivity index (χ1v) is 5.09. The van der Waals surface area contributed by atoms with Crippen LogP contribution in [-0.2, 0) is 0 Å². The van der Waals surface area contributed by atoms with E-state index in [2.05, 4.69) is 20.6 Å². The van der Waals surface area contributed by atoms with E-state index in [0.29, 0.717) is 6.54 Å². The molecule has 0 aliphatic rings. The van der Waals surface area contributed by atoms with E-state index < -0.39 is 0 Å². The standard InChI is InChI=1S/C10H19N5/c1-7-4-10(14-8(2)13-7)15-9(5-11)6-12-3/h4,9,12H,5-6,11H2,1-3H3,(H,13,14,15). The Morgan fingerprint density at radius 2 is 2.13 bits per heavy atom. The Balaban J connectivity index is 2.69. The molecule has 0 saturated heterocycles. The number of aromatic nitrogens is 2. The van der Waals surface area contributed by atoms with Crippen LogP contribution < -0.4 is 16.4 Å². The molecule has 1 heterocycles. The van der Waals surface area contributed by atoms with Gasteiger partial charge in [-0.1, -0.05) is 0 Å². The van der Waals surface area contributed by atoms with Crippen molar-refractivity contribution in [1.82, 2.24) is 15.3 Å². The van der Waals surface area contributed by atoms with Crippen molar-refractivity contribution >= 4 is 5.82 Å². The highest BCUT2D eigenvalue weighted by Crippen LogP contribution is 2.06. The molecule has 15 heavy (non-hydrogen) atoms. The van der Waals surface area contributed by atoms with E-state index in [-0.39, 0.29) is 6.04 Å². The third-order valence-electron chi connectivity index (χ3n) is 2.05. The lowest BCUT2D eigenvalue weighted by atomic mass is 10.3. The molecule has 5 heteroatoms. The molecular formula is C10H19N5. The average molecular weight is 209 g/mol. The summed E-state index contributed by atoms with van der Waals surface area (Å²) in [6, 6.07) is 2.12. The van der Waals surface area contributed by atoms with Gasteiger partial charge in [0.05, 0.1) is 6.04 Å². The van der Waals surface area contributed by atoms with Crippen LogP contribution in [0.4, 0.5) is 5.82 Å². The van der Waals surface area contributed by atoms with E-state index in [0.717, 1.165) is 23.9 Å². The van der Waals surface area contributed by atoms with Gasteiger partial charge in [-0.2, -0.15) is 0 Å². The van der Waals surface area contributed by atoms with Gasteiger partial charge in [-0.15, -0.1) is 0 Å². The Morgan fingerprint density at radius 1 is 1.40 bits per heavy atom. The predicted octanol–water partition coefficient (Wildman–Crippen LogP) is 0.0520. The van der Waals surface area contributed by atoms with Crippen LogP contribution in [0.5, 0.6) is 0 Å². The fourth-order valence-electron chi connectivity index (χ4n) is 1.44. The summed E-state index contributed by atoms with van der Waals surface area (Å²) in [6.07, 6.45) is 0. The third-order valence-corrected chi connectivity index (χ3v) is 2.05. The number of nitrogens with zero attached hydrogens (tertiary/aromatic N) is 2. The van der Waals surface area contributed by atoms with Gasteiger partial charge >= 0.3 is 0 Å². The van der Waals surface area contributed by atoms with Gasteiger partial charge in [-0.05, 0) is 20.9 Å². The second-order valence-corrected chi connectivity index (χ2v) is 3.58. The molecule has 0 aliphatic carbocycles. The molecular weight excluding hydrogens is 190 g/mol. The molecule has 0 saturated carbocycles. The van der Waals surface area contributed by atoms with Gasteiger partial charge in [-0.3, -0.25) is 0 Å². The van der Waals surface area contributed by atoms with Crippen LogP contribution in [0.25, 0.3) is 0 Å². The third kappa shape index (κ3) is 3.81. The van der Waals surface area contributed by atoms with Gasteiger partial charge in [0.25, 0.3) is 0 Å². The summed E-state index contributed by atoms with van der Waals surface area (Å²) in [6.45, 7) is 5.23. The van der Waals surface area contributed by atoms with Gasteiger partial charge in [0, 0.05) is 24.8 Å². The molecule has 0 aromatic carbocycles. The summed E-state index contributed by atoms with van der Waals surface area (Å²) in [4.78, 5) is 8.51. The number of nitrogens with two attached hydrogens (primary N) is 1. The zero-order valence-electron chi connectivity index (χ0n) is 9.54. The number of nitrogens with one attached hydrogen (secondary N) is 2. The summed E-state index contributed by atoms with van der Waals surface area (Å²) in [5, 5.41) is 6.35. The summed E-state index contributed by atoms with van der Waals surface area (Å²) < 4.78 is 0. The first-order chi connectivity index (χ1) is 7.15. The maximum absolute atomic E-state index is 5.64. The minimum Gasteiger partial charge on any atom is -0.365 e. The number of rotatable bonds is 5. The summed E-state index contributed by atoms with van der Waals surface area (Å²) in [7, 11) is 1.90. The van der Waals surface area contributed by atoms with Crippen molar-refractivity contribution < 1.29 is 0 Å². The molecule has 1 aromatic rings. The van der Waals surface area contributed by atoms with Gasteiger partial charge in [0.15, 0.2) is 0 Å². The fraction of sp³-hybridized carbons (Fsp3) is 0.600. The SMILES string of the molecule is CNCC(CN)Nc1cc(C)nc(C)n1. The minimum absolute atomic E-state index is 0.198. The van der Waals surface area contributed by atoms with Crippen molar-refractivity contribution in [2.45, 2.75) is 19.9 Å². The van der Waals surface area contributed by atoms with Crippen LogP contribution in [0, 0.1) is 13.8 Å². The van der Waals surface area contributed by atoms with Crippen LogP contribution >= 0.6 is 0 Å². The summed E-state index contributed by atoms with van der Waals surface area (Å²) >= 11 is 0. The molecule has 0 spiro atoms. The number of hydrogen-bond acceptors (Lipinski definition) is 5. The molecule has 1 aromatic heterocycles. The molecule has 1 atom stereocenters. The Labute approximate surface area is 90.5 Å². The lowest BCUT2D eigenvalue weighted by molar-refractivity contribution is 0.658. The number of hydrogen-bond donors (Lipinski definition) is 3. The van der Waals surface area contributed by atoms with E-state index in [9.17, 15) is 0 Å². The molecule has 0 radical (unpaired) electrons. The van der Waals surface area contributed by atoms with E-state index in [4.69, 9.17) is 5.73 Å². The largest absolute Gasteiger partial charge is 0.365 e. The number of aryl methyl sites for hydroxylation is 2. The quantitative estimate of drug-likeness (QED) is 0.639. The lowest BCUT2D eigenvalue weighted by Crippen LogP contribution is -2.37.